The van der Waals surface area contributed by atoms with Gasteiger partial charge >= 0.3 is 0 Å². The average Bonchev–Trinajstić information content (AvgIpc) is 3.10. The molecule has 1 aliphatic carbocycles. The monoisotopic (exact) mass is 219 g/mol. The fourth-order valence-corrected chi connectivity index (χ4v) is 1.99. The van der Waals surface area contributed by atoms with Crippen LogP contribution in [0.25, 0.3) is 0 Å². The normalized spacial score (nSPS) is 17.2. The number of anilines is 1. The molecular formula is C14H21NO. The van der Waals surface area contributed by atoms with Crippen LogP contribution in [-0.2, 0) is 6.42 Å². The van der Waals surface area contributed by atoms with Crippen molar-refractivity contribution in [1.29, 1.82) is 0 Å². The van der Waals surface area contributed by atoms with Crippen molar-refractivity contribution in [3.8, 4) is 0 Å². The molecule has 0 bridgehead atoms. The topological polar surface area (TPSA) is 23.5 Å². The van der Waals surface area contributed by atoms with Gasteiger partial charge in [-0.1, -0.05) is 12.1 Å². The number of aliphatic hydroxyl groups is 1. The second-order valence-corrected chi connectivity index (χ2v) is 5.00. The summed E-state index contributed by atoms with van der Waals surface area (Å²) < 4.78 is 0. The Hall–Kier alpha value is -1.02. The highest BCUT2D eigenvalue weighted by atomic mass is 16.3. The van der Waals surface area contributed by atoms with Gasteiger partial charge in [-0.2, -0.15) is 0 Å². The summed E-state index contributed by atoms with van der Waals surface area (Å²) in [6, 6.07) is 8.60. The summed E-state index contributed by atoms with van der Waals surface area (Å²) in [5, 5.41) is 9.78. The molecule has 0 amide bonds. The van der Waals surface area contributed by atoms with Gasteiger partial charge in [-0.25, -0.2) is 0 Å². The molecule has 2 nitrogen and oxygen atoms in total. The van der Waals surface area contributed by atoms with Gasteiger partial charge in [0.2, 0.25) is 0 Å². The lowest BCUT2D eigenvalue weighted by molar-refractivity contribution is 0.142. The molecule has 2 rings (SSSR count). The lowest BCUT2D eigenvalue weighted by Crippen LogP contribution is -2.10. The Morgan fingerprint density at radius 2 is 1.88 bits per heavy atom. The number of aryl methyl sites for hydroxylation is 1. The predicted octanol–water partition coefficient (Wildman–Crippen LogP) is 2.46. The van der Waals surface area contributed by atoms with Crippen molar-refractivity contribution in [3.05, 3.63) is 29.8 Å². The number of hydrogen-bond acceptors (Lipinski definition) is 2. The standard InChI is InChI=1S/C14H21NO/c1-15(2)13-8-3-11(4-9-13)5-10-14(16)12-6-7-12/h3-4,8-9,12,14,16H,5-7,10H2,1-2H3/t14-/m1/s1. The van der Waals surface area contributed by atoms with Crippen molar-refractivity contribution in [3.63, 3.8) is 0 Å². The van der Waals surface area contributed by atoms with Crippen LogP contribution in [0.4, 0.5) is 5.69 Å². The van der Waals surface area contributed by atoms with Crippen LogP contribution < -0.4 is 4.90 Å². The van der Waals surface area contributed by atoms with E-state index in [4.69, 9.17) is 0 Å². The van der Waals surface area contributed by atoms with E-state index in [9.17, 15) is 5.11 Å². The van der Waals surface area contributed by atoms with Crippen LogP contribution in [0.3, 0.4) is 0 Å². The third-order valence-corrected chi connectivity index (χ3v) is 3.35. The molecule has 1 N–H and O–H groups in total. The molecule has 1 aromatic rings. The summed E-state index contributed by atoms with van der Waals surface area (Å²) in [6.45, 7) is 0. The van der Waals surface area contributed by atoms with Crippen LogP contribution in [0, 0.1) is 5.92 Å². The Morgan fingerprint density at radius 3 is 2.38 bits per heavy atom. The maximum absolute atomic E-state index is 9.78. The van der Waals surface area contributed by atoms with E-state index >= 15 is 0 Å². The lowest BCUT2D eigenvalue weighted by Gasteiger charge is -2.13. The molecule has 16 heavy (non-hydrogen) atoms. The minimum Gasteiger partial charge on any atom is -0.393 e. The van der Waals surface area contributed by atoms with E-state index in [0.717, 1.165) is 12.8 Å². The van der Waals surface area contributed by atoms with E-state index in [1.165, 1.54) is 24.1 Å². The van der Waals surface area contributed by atoms with Gasteiger partial charge in [0.05, 0.1) is 6.10 Å². The molecule has 1 aliphatic rings. The van der Waals surface area contributed by atoms with Gasteiger partial charge in [0, 0.05) is 19.8 Å². The van der Waals surface area contributed by atoms with Gasteiger partial charge in [0.1, 0.15) is 0 Å². The van der Waals surface area contributed by atoms with E-state index in [-0.39, 0.29) is 6.10 Å². The second-order valence-electron chi connectivity index (χ2n) is 5.00. The van der Waals surface area contributed by atoms with Gasteiger partial charge < -0.3 is 10.0 Å². The van der Waals surface area contributed by atoms with Crippen molar-refractivity contribution in [2.75, 3.05) is 19.0 Å². The number of rotatable bonds is 5. The van der Waals surface area contributed by atoms with Crippen molar-refractivity contribution in [2.24, 2.45) is 5.92 Å². The quantitative estimate of drug-likeness (QED) is 0.822. The number of nitrogens with zero attached hydrogens (tertiary/aromatic N) is 1. The van der Waals surface area contributed by atoms with Crippen molar-refractivity contribution >= 4 is 5.69 Å². The Bertz CT molecular complexity index is 327. The molecule has 1 atom stereocenters. The van der Waals surface area contributed by atoms with E-state index in [0.29, 0.717) is 5.92 Å². The summed E-state index contributed by atoms with van der Waals surface area (Å²) in [4.78, 5) is 2.10. The number of aliphatic hydroxyl groups excluding tert-OH is 1. The van der Waals surface area contributed by atoms with Crippen molar-refractivity contribution < 1.29 is 5.11 Å². The molecule has 2 heteroatoms. The third-order valence-electron chi connectivity index (χ3n) is 3.35. The highest BCUT2D eigenvalue weighted by Crippen LogP contribution is 2.34. The van der Waals surface area contributed by atoms with Crippen LogP contribution in [0.5, 0.6) is 0 Å². The van der Waals surface area contributed by atoms with Crippen molar-refractivity contribution in [1.82, 2.24) is 0 Å². The maximum atomic E-state index is 9.78. The van der Waals surface area contributed by atoms with Crippen LogP contribution in [0.1, 0.15) is 24.8 Å². The SMILES string of the molecule is CN(C)c1ccc(CC[C@@H](O)C2CC2)cc1. The Morgan fingerprint density at radius 1 is 1.25 bits per heavy atom. The molecule has 0 saturated heterocycles. The fourth-order valence-electron chi connectivity index (χ4n) is 1.99. The van der Waals surface area contributed by atoms with E-state index in [2.05, 4.69) is 29.2 Å². The maximum Gasteiger partial charge on any atom is 0.0571 e. The van der Waals surface area contributed by atoms with Gasteiger partial charge in [-0.3, -0.25) is 0 Å². The molecule has 1 saturated carbocycles. The summed E-state index contributed by atoms with van der Waals surface area (Å²) in [7, 11) is 4.09. The molecule has 0 radical (unpaired) electrons. The van der Waals surface area contributed by atoms with Crippen molar-refractivity contribution in [2.45, 2.75) is 31.8 Å². The van der Waals surface area contributed by atoms with E-state index in [1.54, 1.807) is 0 Å². The zero-order valence-corrected chi connectivity index (χ0v) is 10.2. The smallest absolute Gasteiger partial charge is 0.0571 e. The molecule has 0 heterocycles. The van der Waals surface area contributed by atoms with Crippen LogP contribution >= 0.6 is 0 Å². The molecule has 0 aromatic heterocycles. The van der Waals surface area contributed by atoms with Gasteiger partial charge in [-0.15, -0.1) is 0 Å². The first-order chi connectivity index (χ1) is 7.66. The third kappa shape index (κ3) is 2.99. The highest BCUT2D eigenvalue weighted by molar-refractivity contribution is 5.45. The van der Waals surface area contributed by atoms with Crippen LogP contribution in [0.2, 0.25) is 0 Å². The Balaban J connectivity index is 1.84. The number of benzene rings is 1. The molecule has 0 unspecified atom stereocenters. The van der Waals surface area contributed by atoms with Gasteiger partial charge in [-0.05, 0) is 49.3 Å². The largest absolute Gasteiger partial charge is 0.393 e. The van der Waals surface area contributed by atoms with Crippen LogP contribution in [-0.4, -0.2) is 25.3 Å². The summed E-state index contributed by atoms with van der Waals surface area (Å²) in [6.07, 6.45) is 4.27. The Labute approximate surface area is 97.9 Å². The highest BCUT2D eigenvalue weighted by Gasteiger charge is 2.28. The van der Waals surface area contributed by atoms with E-state index in [1.807, 2.05) is 14.1 Å². The lowest BCUT2D eigenvalue weighted by atomic mass is 10.0. The Kier molecular flexibility index (Phi) is 3.49. The average molecular weight is 219 g/mol. The molecule has 1 fully saturated rings. The summed E-state index contributed by atoms with van der Waals surface area (Å²) in [5.41, 5.74) is 2.55. The first kappa shape index (κ1) is 11.5. The van der Waals surface area contributed by atoms with Gasteiger partial charge in [0.25, 0.3) is 0 Å². The molecule has 0 spiro atoms. The fraction of sp³-hybridized carbons (Fsp3) is 0.571. The minimum absolute atomic E-state index is 0.0754. The zero-order chi connectivity index (χ0) is 11.5. The second kappa shape index (κ2) is 4.88. The summed E-state index contributed by atoms with van der Waals surface area (Å²) >= 11 is 0. The first-order valence-corrected chi connectivity index (χ1v) is 6.11. The molecular weight excluding hydrogens is 198 g/mol. The minimum atomic E-state index is -0.0754. The molecule has 0 aliphatic heterocycles. The van der Waals surface area contributed by atoms with Crippen LogP contribution in [0.15, 0.2) is 24.3 Å². The molecule has 1 aromatic carbocycles. The zero-order valence-electron chi connectivity index (χ0n) is 10.2. The summed E-state index contributed by atoms with van der Waals surface area (Å²) in [5.74, 6) is 0.598. The first-order valence-electron chi connectivity index (χ1n) is 6.11. The predicted molar refractivity (Wildman–Crippen MR) is 67.8 cm³/mol. The molecule has 88 valence electrons. The number of hydrogen-bond donors (Lipinski definition) is 1. The van der Waals surface area contributed by atoms with Gasteiger partial charge in [0.15, 0.2) is 0 Å². The van der Waals surface area contributed by atoms with E-state index < -0.39 is 0 Å².